The van der Waals surface area contributed by atoms with E-state index in [0.29, 0.717) is 18.4 Å². The first kappa shape index (κ1) is 17.9. The van der Waals surface area contributed by atoms with Crippen LogP contribution in [0.4, 0.5) is 0 Å². The normalized spacial score (nSPS) is 16.6. The van der Waals surface area contributed by atoms with Gasteiger partial charge in [-0.2, -0.15) is 0 Å². The smallest absolute Gasteiger partial charge is 0.170 e. The summed E-state index contributed by atoms with van der Waals surface area (Å²) >= 11 is 0. The minimum atomic E-state index is -0.255. The number of aromatic nitrogens is 1. The molecule has 3 heteroatoms. The Morgan fingerprint density at radius 2 is 1.88 bits per heavy atom. The molecule has 1 aliphatic rings. The number of rotatable bonds is 3. The second-order valence-electron chi connectivity index (χ2n) is 6.98. The number of aliphatic hydroxyl groups is 1. The van der Waals surface area contributed by atoms with Crippen molar-refractivity contribution in [2.45, 2.75) is 40.5 Å². The lowest BCUT2D eigenvalue weighted by atomic mass is 9.89. The minimum Gasteiger partial charge on any atom is -0.512 e. The zero-order valence-corrected chi connectivity index (χ0v) is 15.7. The van der Waals surface area contributed by atoms with Gasteiger partial charge in [-0.15, -0.1) is 5.92 Å². The maximum atomic E-state index is 13.0. The Hall–Kier alpha value is -2.86. The van der Waals surface area contributed by atoms with E-state index in [2.05, 4.69) is 16.8 Å². The summed E-state index contributed by atoms with van der Waals surface area (Å²) in [6.45, 7) is 7.72. The second-order valence-corrected chi connectivity index (χ2v) is 6.98. The van der Waals surface area contributed by atoms with Crippen LogP contribution in [0.2, 0.25) is 0 Å². The molecule has 132 valence electrons. The third-order valence-corrected chi connectivity index (χ3v) is 4.83. The van der Waals surface area contributed by atoms with E-state index in [1.807, 2.05) is 51.2 Å². The lowest BCUT2D eigenvalue weighted by Crippen LogP contribution is -2.14. The first-order valence-corrected chi connectivity index (χ1v) is 8.83. The zero-order chi connectivity index (χ0) is 18.8. The second kappa shape index (κ2) is 7.17. The van der Waals surface area contributed by atoms with Gasteiger partial charge in [-0.05, 0) is 68.1 Å². The molecule has 0 aliphatic heterocycles. The summed E-state index contributed by atoms with van der Waals surface area (Å²) in [4.78, 5) is 17.4. The van der Waals surface area contributed by atoms with Crippen LogP contribution in [0, 0.1) is 38.5 Å². The highest BCUT2D eigenvalue weighted by molar-refractivity contribution is 6.25. The fourth-order valence-corrected chi connectivity index (χ4v) is 3.65. The molecule has 0 bridgehead atoms. The fraction of sp³-hybridized carbons (Fsp3) is 0.304. The number of ketones is 1. The third kappa shape index (κ3) is 3.41. The van der Waals surface area contributed by atoms with E-state index in [9.17, 15) is 9.90 Å². The molecule has 0 saturated carbocycles. The van der Waals surface area contributed by atoms with Gasteiger partial charge >= 0.3 is 0 Å². The van der Waals surface area contributed by atoms with Gasteiger partial charge in [0.15, 0.2) is 5.78 Å². The molecular formula is C23H23NO2. The summed E-state index contributed by atoms with van der Waals surface area (Å²) in [6, 6.07) is 7.90. The molecule has 1 aromatic heterocycles. The van der Waals surface area contributed by atoms with Gasteiger partial charge in [0.2, 0.25) is 0 Å². The average Bonchev–Trinajstić information content (AvgIpc) is 2.84. The number of carbonyl (C=O) groups is 1. The van der Waals surface area contributed by atoms with Crippen LogP contribution in [-0.2, 0) is 11.2 Å². The molecule has 0 radical (unpaired) electrons. The minimum absolute atomic E-state index is 0.00500. The van der Waals surface area contributed by atoms with Gasteiger partial charge in [0, 0.05) is 36.2 Å². The Labute approximate surface area is 154 Å². The van der Waals surface area contributed by atoms with Crippen LogP contribution in [0.15, 0.2) is 36.2 Å². The number of pyridine rings is 1. The first-order valence-electron chi connectivity index (χ1n) is 8.83. The summed E-state index contributed by atoms with van der Waals surface area (Å²) in [5.41, 5.74) is 6.14. The van der Waals surface area contributed by atoms with Crippen molar-refractivity contribution < 1.29 is 9.90 Å². The van der Waals surface area contributed by atoms with Crippen molar-refractivity contribution in [3.63, 3.8) is 0 Å². The van der Waals surface area contributed by atoms with Gasteiger partial charge in [-0.25, -0.2) is 0 Å². The number of nitrogens with zero attached hydrogens (tertiary/aromatic N) is 1. The molecule has 3 nitrogen and oxygen atoms in total. The maximum absolute atomic E-state index is 13.0. The predicted octanol–water partition coefficient (Wildman–Crippen LogP) is 4.48. The molecule has 0 fully saturated rings. The number of aryl methyl sites for hydroxylation is 3. The highest BCUT2D eigenvalue weighted by Crippen LogP contribution is 2.38. The van der Waals surface area contributed by atoms with Crippen LogP contribution >= 0.6 is 0 Å². The molecule has 1 N–H and O–H groups in total. The van der Waals surface area contributed by atoms with Crippen LogP contribution in [0.1, 0.15) is 46.9 Å². The molecular weight excluding hydrogens is 322 g/mol. The lowest BCUT2D eigenvalue weighted by Gasteiger charge is -2.13. The van der Waals surface area contributed by atoms with Crippen LogP contribution in [-0.4, -0.2) is 15.9 Å². The first-order chi connectivity index (χ1) is 12.4. The summed E-state index contributed by atoms with van der Waals surface area (Å²) in [6.07, 6.45) is 2.73. The zero-order valence-electron chi connectivity index (χ0n) is 15.7. The van der Waals surface area contributed by atoms with Crippen molar-refractivity contribution >= 4 is 11.4 Å². The van der Waals surface area contributed by atoms with Gasteiger partial charge in [-0.3, -0.25) is 9.78 Å². The number of aliphatic hydroxyl groups excluding tert-OH is 1. The number of hydrogen-bond donors (Lipinski definition) is 1. The summed E-state index contributed by atoms with van der Waals surface area (Å²) < 4.78 is 0. The van der Waals surface area contributed by atoms with Gasteiger partial charge in [0.05, 0.1) is 5.57 Å². The summed E-state index contributed by atoms with van der Waals surface area (Å²) in [5, 5.41) is 10.5. The SMILES string of the molecule is CC#Cc1cc(C)c(C2=C(O)CC(Cc3ccc(C)cn3)C2=O)c(C)c1. The Bertz CT molecular complexity index is 933. The van der Waals surface area contributed by atoms with E-state index in [1.165, 1.54) is 0 Å². The van der Waals surface area contributed by atoms with E-state index >= 15 is 0 Å². The van der Waals surface area contributed by atoms with Crippen molar-refractivity contribution in [3.8, 4) is 11.8 Å². The topological polar surface area (TPSA) is 50.2 Å². The van der Waals surface area contributed by atoms with E-state index < -0.39 is 0 Å². The van der Waals surface area contributed by atoms with Gasteiger partial charge in [0.1, 0.15) is 5.76 Å². The highest BCUT2D eigenvalue weighted by atomic mass is 16.3. The fourth-order valence-electron chi connectivity index (χ4n) is 3.65. The largest absolute Gasteiger partial charge is 0.512 e. The number of hydrogen-bond acceptors (Lipinski definition) is 3. The van der Waals surface area contributed by atoms with Crippen molar-refractivity contribution in [2.24, 2.45) is 5.92 Å². The quantitative estimate of drug-likeness (QED) is 0.835. The Morgan fingerprint density at radius 3 is 2.46 bits per heavy atom. The predicted molar refractivity (Wildman–Crippen MR) is 104 cm³/mol. The van der Waals surface area contributed by atoms with Gasteiger partial charge in [-0.1, -0.05) is 12.0 Å². The molecule has 3 rings (SSSR count). The van der Waals surface area contributed by atoms with E-state index in [-0.39, 0.29) is 17.5 Å². The molecule has 0 spiro atoms. The van der Waals surface area contributed by atoms with Crippen LogP contribution in [0.25, 0.3) is 5.57 Å². The lowest BCUT2D eigenvalue weighted by molar-refractivity contribution is -0.116. The average molecular weight is 345 g/mol. The Balaban J connectivity index is 1.91. The van der Waals surface area contributed by atoms with Crippen molar-refractivity contribution in [3.05, 3.63) is 69.7 Å². The van der Waals surface area contributed by atoms with Crippen molar-refractivity contribution in [2.75, 3.05) is 0 Å². The standard InChI is InChI=1S/C23H23NO2/c1-5-6-17-9-15(3)21(16(4)10-17)22-20(25)12-18(23(22)26)11-19-8-7-14(2)13-24-19/h7-10,13,18,25H,11-12H2,1-4H3. The molecule has 2 aromatic rings. The molecule has 26 heavy (non-hydrogen) atoms. The van der Waals surface area contributed by atoms with Crippen LogP contribution in [0.5, 0.6) is 0 Å². The highest BCUT2D eigenvalue weighted by Gasteiger charge is 2.35. The molecule has 0 amide bonds. The van der Waals surface area contributed by atoms with E-state index in [1.54, 1.807) is 6.92 Å². The maximum Gasteiger partial charge on any atom is 0.170 e. The number of carbonyl (C=O) groups excluding carboxylic acids is 1. The third-order valence-electron chi connectivity index (χ3n) is 4.83. The summed E-state index contributed by atoms with van der Waals surface area (Å²) in [7, 11) is 0. The molecule has 1 aromatic carbocycles. The number of benzene rings is 1. The number of allylic oxidation sites excluding steroid dienone is 2. The van der Waals surface area contributed by atoms with E-state index in [4.69, 9.17) is 0 Å². The van der Waals surface area contributed by atoms with Crippen LogP contribution < -0.4 is 0 Å². The summed E-state index contributed by atoms with van der Waals surface area (Å²) in [5.74, 6) is 5.89. The molecule has 1 heterocycles. The number of Topliss-reactive ketones (excluding diaryl/α,β-unsaturated/α-hetero) is 1. The monoisotopic (exact) mass is 345 g/mol. The molecule has 0 saturated heterocycles. The van der Waals surface area contributed by atoms with E-state index in [0.717, 1.165) is 33.5 Å². The molecule has 1 unspecified atom stereocenters. The Kier molecular flexibility index (Phi) is 4.95. The molecule has 1 aliphatic carbocycles. The van der Waals surface area contributed by atoms with Crippen molar-refractivity contribution in [1.29, 1.82) is 0 Å². The molecule has 1 atom stereocenters. The van der Waals surface area contributed by atoms with Gasteiger partial charge in [0.25, 0.3) is 0 Å². The van der Waals surface area contributed by atoms with Crippen molar-refractivity contribution in [1.82, 2.24) is 4.98 Å². The van der Waals surface area contributed by atoms with Gasteiger partial charge < -0.3 is 5.11 Å². The van der Waals surface area contributed by atoms with Crippen LogP contribution in [0.3, 0.4) is 0 Å². The Morgan fingerprint density at radius 1 is 1.19 bits per heavy atom.